The number of amidine groups is 1. The predicted molar refractivity (Wildman–Crippen MR) is 121 cm³/mol. The standard InChI is InChI=1S/C22H18N6O3S/c1-30-17-10-8-16(9-11-17)25-27-21(15-5-4-12-23-13-15)28-26-20(29)14-32-22-24-18-6-2-3-7-19(18)31-22/h2-13H,14H2,1H3,(H,26,29)/b27-25?,28-21-. The number of rotatable bonds is 7. The fourth-order valence-corrected chi connectivity index (χ4v) is 3.21. The Balaban J connectivity index is 1.43. The van der Waals surface area contributed by atoms with Gasteiger partial charge < -0.3 is 9.15 Å². The Morgan fingerprint density at radius 2 is 1.97 bits per heavy atom. The van der Waals surface area contributed by atoms with Crippen molar-refractivity contribution in [1.29, 1.82) is 0 Å². The maximum atomic E-state index is 12.3. The number of hydrogen-bond acceptors (Lipinski definition) is 8. The van der Waals surface area contributed by atoms with Gasteiger partial charge in [0.25, 0.3) is 11.1 Å². The maximum absolute atomic E-state index is 12.3. The quantitative estimate of drug-likeness (QED) is 0.146. The Labute approximate surface area is 187 Å². The summed E-state index contributed by atoms with van der Waals surface area (Å²) in [7, 11) is 1.59. The van der Waals surface area contributed by atoms with Gasteiger partial charge in [0.1, 0.15) is 11.3 Å². The van der Waals surface area contributed by atoms with Crippen LogP contribution in [0.4, 0.5) is 5.69 Å². The SMILES string of the molecule is COc1ccc(N=N/C(=N\NC(=O)CSc2nc3ccccc3o2)c2cccnc2)cc1. The molecule has 2 heterocycles. The van der Waals surface area contributed by atoms with E-state index in [-0.39, 0.29) is 17.5 Å². The highest BCUT2D eigenvalue weighted by Crippen LogP contribution is 2.23. The highest BCUT2D eigenvalue weighted by atomic mass is 32.2. The van der Waals surface area contributed by atoms with Crippen molar-refractivity contribution < 1.29 is 13.9 Å². The van der Waals surface area contributed by atoms with Crippen LogP contribution in [0.15, 0.2) is 98.0 Å². The van der Waals surface area contributed by atoms with Crippen molar-refractivity contribution >= 4 is 40.3 Å². The van der Waals surface area contributed by atoms with Gasteiger partial charge in [0.05, 0.1) is 18.6 Å². The number of carbonyl (C=O) groups excluding carboxylic acids is 1. The number of hydrazone groups is 1. The van der Waals surface area contributed by atoms with Crippen molar-refractivity contribution in [3.8, 4) is 5.75 Å². The number of fused-ring (bicyclic) bond motifs is 1. The third-order valence-electron chi connectivity index (χ3n) is 4.14. The van der Waals surface area contributed by atoms with E-state index in [1.54, 1.807) is 55.9 Å². The summed E-state index contributed by atoms with van der Waals surface area (Å²) >= 11 is 1.18. The van der Waals surface area contributed by atoms with E-state index in [9.17, 15) is 4.79 Å². The molecule has 4 rings (SSSR count). The first-order chi connectivity index (χ1) is 15.7. The zero-order valence-electron chi connectivity index (χ0n) is 17.0. The lowest BCUT2D eigenvalue weighted by Crippen LogP contribution is -2.21. The number of amides is 1. The molecule has 160 valence electrons. The number of hydrogen-bond donors (Lipinski definition) is 1. The van der Waals surface area contributed by atoms with Crippen LogP contribution in [0, 0.1) is 0 Å². The number of benzene rings is 2. The van der Waals surface area contributed by atoms with Crippen LogP contribution in [0.5, 0.6) is 5.75 Å². The molecule has 10 heteroatoms. The van der Waals surface area contributed by atoms with E-state index in [0.717, 1.165) is 5.52 Å². The van der Waals surface area contributed by atoms with Gasteiger partial charge in [-0.05, 0) is 48.5 Å². The van der Waals surface area contributed by atoms with Gasteiger partial charge in [-0.25, -0.2) is 10.4 Å². The lowest BCUT2D eigenvalue weighted by Gasteiger charge is -2.02. The largest absolute Gasteiger partial charge is 0.497 e. The predicted octanol–water partition coefficient (Wildman–Crippen LogP) is 4.59. The summed E-state index contributed by atoms with van der Waals surface area (Å²) in [5.74, 6) is 0.674. The molecule has 0 saturated carbocycles. The minimum absolute atomic E-state index is 0.0757. The third kappa shape index (κ3) is 5.55. The Morgan fingerprint density at radius 1 is 1.12 bits per heavy atom. The Morgan fingerprint density at radius 3 is 2.72 bits per heavy atom. The molecular formula is C22H18N6O3S. The summed E-state index contributed by atoms with van der Waals surface area (Å²) in [6.45, 7) is 0. The van der Waals surface area contributed by atoms with Crippen LogP contribution < -0.4 is 10.2 Å². The number of pyridine rings is 1. The number of nitrogens with one attached hydrogen (secondary N) is 1. The average Bonchev–Trinajstić information content (AvgIpc) is 3.27. The average molecular weight is 446 g/mol. The molecule has 0 radical (unpaired) electrons. The number of para-hydroxylation sites is 2. The second kappa shape index (κ2) is 10.3. The van der Waals surface area contributed by atoms with E-state index in [4.69, 9.17) is 9.15 Å². The third-order valence-corrected chi connectivity index (χ3v) is 4.97. The van der Waals surface area contributed by atoms with Crippen LogP contribution in [0.3, 0.4) is 0 Å². The molecule has 0 bridgehead atoms. The molecule has 0 spiro atoms. The van der Waals surface area contributed by atoms with E-state index in [1.165, 1.54) is 11.8 Å². The van der Waals surface area contributed by atoms with Crippen molar-refractivity contribution in [1.82, 2.24) is 15.4 Å². The molecular weight excluding hydrogens is 428 g/mol. The first-order valence-corrected chi connectivity index (χ1v) is 10.5. The van der Waals surface area contributed by atoms with Crippen LogP contribution in [-0.2, 0) is 4.79 Å². The first kappa shape index (κ1) is 21.2. The van der Waals surface area contributed by atoms with Crippen LogP contribution in [0.1, 0.15) is 5.56 Å². The van der Waals surface area contributed by atoms with Crippen LogP contribution in [0.2, 0.25) is 0 Å². The fraction of sp³-hybridized carbons (Fsp3) is 0.0909. The normalized spacial score (nSPS) is 11.7. The van der Waals surface area contributed by atoms with Crippen LogP contribution in [-0.4, -0.2) is 34.6 Å². The molecule has 0 aliphatic heterocycles. The molecule has 0 atom stereocenters. The number of ether oxygens (including phenoxy) is 1. The molecule has 0 saturated heterocycles. The number of thioether (sulfide) groups is 1. The number of nitrogens with zero attached hydrogens (tertiary/aromatic N) is 5. The second-order valence-corrected chi connectivity index (χ2v) is 7.27. The number of aromatic nitrogens is 2. The molecule has 2 aromatic heterocycles. The van der Waals surface area contributed by atoms with Crippen molar-refractivity contribution in [2.24, 2.45) is 15.3 Å². The van der Waals surface area contributed by atoms with Crippen LogP contribution >= 0.6 is 11.8 Å². The van der Waals surface area contributed by atoms with Crippen LogP contribution in [0.25, 0.3) is 11.1 Å². The second-order valence-electron chi connectivity index (χ2n) is 6.35. The van der Waals surface area contributed by atoms with Gasteiger partial charge in [-0.1, -0.05) is 23.9 Å². The van der Waals surface area contributed by atoms with Crippen molar-refractivity contribution in [2.45, 2.75) is 5.22 Å². The van der Waals surface area contributed by atoms with E-state index in [2.05, 4.69) is 30.7 Å². The molecule has 2 aromatic carbocycles. The molecule has 1 N–H and O–H groups in total. The minimum atomic E-state index is -0.335. The molecule has 1 amide bonds. The summed E-state index contributed by atoms with van der Waals surface area (Å²) < 4.78 is 10.7. The number of azo groups is 1. The monoisotopic (exact) mass is 446 g/mol. The molecule has 32 heavy (non-hydrogen) atoms. The summed E-state index contributed by atoms with van der Waals surface area (Å²) in [4.78, 5) is 20.7. The van der Waals surface area contributed by atoms with Gasteiger partial charge >= 0.3 is 0 Å². The van der Waals surface area contributed by atoms with Gasteiger partial charge in [-0.2, -0.15) is 5.10 Å². The van der Waals surface area contributed by atoms with Crippen molar-refractivity contribution in [2.75, 3.05) is 12.9 Å². The van der Waals surface area contributed by atoms with Gasteiger partial charge in [-0.15, -0.1) is 10.2 Å². The highest BCUT2D eigenvalue weighted by Gasteiger charge is 2.10. The number of carbonyl (C=O) groups is 1. The molecule has 4 aromatic rings. The molecule has 0 fully saturated rings. The lowest BCUT2D eigenvalue weighted by atomic mass is 10.3. The molecule has 0 unspecified atom stereocenters. The minimum Gasteiger partial charge on any atom is -0.497 e. The zero-order chi connectivity index (χ0) is 22.2. The van der Waals surface area contributed by atoms with Gasteiger partial charge in [-0.3, -0.25) is 9.78 Å². The smallest absolute Gasteiger partial charge is 0.257 e. The lowest BCUT2D eigenvalue weighted by molar-refractivity contribution is -0.118. The Bertz CT molecular complexity index is 1220. The fourth-order valence-electron chi connectivity index (χ4n) is 2.58. The van der Waals surface area contributed by atoms with E-state index in [1.807, 2.05) is 24.3 Å². The van der Waals surface area contributed by atoms with E-state index >= 15 is 0 Å². The number of oxazole rings is 1. The first-order valence-electron chi connectivity index (χ1n) is 9.52. The van der Waals surface area contributed by atoms with E-state index < -0.39 is 0 Å². The maximum Gasteiger partial charge on any atom is 0.257 e. The topological polar surface area (TPSA) is 114 Å². The highest BCUT2D eigenvalue weighted by molar-refractivity contribution is 7.99. The van der Waals surface area contributed by atoms with Gasteiger partial charge in [0, 0.05) is 18.0 Å². The Hall–Kier alpha value is -4.05. The summed E-state index contributed by atoms with van der Waals surface area (Å²) in [6.07, 6.45) is 3.22. The van der Waals surface area contributed by atoms with Gasteiger partial charge in [0.15, 0.2) is 5.58 Å². The Kier molecular flexibility index (Phi) is 6.83. The molecule has 0 aliphatic carbocycles. The number of methoxy groups -OCH3 is 1. The van der Waals surface area contributed by atoms with Crippen molar-refractivity contribution in [3.05, 3.63) is 78.6 Å². The van der Waals surface area contributed by atoms with E-state index in [0.29, 0.717) is 27.8 Å². The van der Waals surface area contributed by atoms with Crippen molar-refractivity contribution in [3.63, 3.8) is 0 Å². The summed E-state index contributed by atoms with van der Waals surface area (Å²) in [6, 6.07) is 18.0. The zero-order valence-corrected chi connectivity index (χ0v) is 17.8. The van der Waals surface area contributed by atoms with Gasteiger partial charge in [0.2, 0.25) is 5.84 Å². The summed E-state index contributed by atoms with van der Waals surface area (Å²) in [5, 5.41) is 12.9. The molecule has 9 nitrogen and oxygen atoms in total. The molecule has 0 aliphatic rings. The summed E-state index contributed by atoms with van der Waals surface area (Å²) in [5.41, 5.74) is 5.13.